The Balaban J connectivity index is 2.21. The first-order chi connectivity index (χ1) is 8.24. The average Bonchev–Trinajstić information content (AvgIpc) is 2.68. The molecule has 0 atom stereocenters. The van der Waals surface area contributed by atoms with E-state index in [-0.39, 0.29) is 5.88 Å². The summed E-state index contributed by atoms with van der Waals surface area (Å²) in [7, 11) is 1.86. The summed E-state index contributed by atoms with van der Waals surface area (Å²) in [5.41, 5.74) is 1.92. The quantitative estimate of drug-likeness (QED) is 0.691. The molecule has 2 aromatic heterocycles. The fourth-order valence-corrected chi connectivity index (χ4v) is 1.93. The average molecular weight is 225 g/mol. The molecule has 0 amide bonds. The van der Waals surface area contributed by atoms with Crippen molar-refractivity contribution in [3.05, 3.63) is 42.7 Å². The Morgan fingerprint density at radius 3 is 2.88 bits per heavy atom. The second-order valence-corrected chi connectivity index (χ2v) is 3.94. The van der Waals surface area contributed by atoms with Gasteiger partial charge < -0.3 is 9.67 Å². The number of aromatic hydroxyl groups is 1. The minimum Gasteiger partial charge on any atom is -0.492 e. The molecule has 0 aliphatic rings. The smallest absolute Gasteiger partial charge is 0.229 e. The Morgan fingerprint density at radius 2 is 2.12 bits per heavy atom. The predicted octanol–water partition coefficient (Wildman–Crippen LogP) is 2.34. The molecule has 0 saturated carbocycles. The van der Waals surface area contributed by atoms with E-state index in [9.17, 15) is 5.11 Å². The van der Waals surface area contributed by atoms with E-state index in [2.05, 4.69) is 9.97 Å². The van der Waals surface area contributed by atoms with Gasteiger partial charge in [-0.1, -0.05) is 6.07 Å². The van der Waals surface area contributed by atoms with E-state index >= 15 is 0 Å². The molecule has 0 saturated heterocycles. The van der Waals surface area contributed by atoms with Crippen LogP contribution in [0.1, 0.15) is 0 Å². The minimum atomic E-state index is 0.0359. The fraction of sp³-hybridized carbons (Fsp3) is 0.0769. The van der Waals surface area contributed by atoms with Crippen LogP contribution >= 0.6 is 0 Å². The highest BCUT2D eigenvalue weighted by molar-refractivity contribution is 5.83. The number of hydrogen-bond donors (Lipinski definition) is 1. The van der Waals surface area contributed by atoms with Crippen LogP contribution in [-0.2, 0) is 7.05 Å². The van der Waals surface area contributed by atoms with Crippen LogP contribution in [0.3, 0.4) is 0 Å². The first-order valence-electron chi connectivity index (χ1n) is 5.31. The molecule has 4 heteroatoms. The van der Waals surface area contributed by atoms with Gasteiger partial charge in [-0.3, -0.25) is 4.98 Å². The number of aryl methyl sites for hydroxylation is 1. The zero-order valence-electron chi connectivity index (χ0n) is 9.33. The summed E-state index contributed by atoms with van der Waals surface area (Å²) >= 11 is 0. The molecule has 0 unspecified atom stereocenters. The standard InChI is InChI=1S/C13H11N3O/c1-16-8-12(17)15-13(16)10-4-5-11-9(7-10)3-2-6-14-11/h2-8,17H,1H3. The van der Waals surface area contributed by atoms with Gasteiger partial charge in [-0.2, -0.15) is 4.98 Å². The largest absolute Gasteiger partial charge is 0.492 e. The molecule has 84 valence electrons. The molecule has 0 radical (unpaired) electrons. The highest BCUT2D eigenvalue weighted by atomic mass is 16.3. The maximum atomic E-state index is 9.36. The molecule has 0 fully saturated rings. The zero-order chi connectivity index (χ0) is 11.8. The highest BCUT2D eigenvalue weighted by Crippen LogP contribution is 2.23. The number of benzene rings is 1. The SMILES string of the molecule is Cn1cc(O)nc1-c1ccc2ncccc2c1. The van der Waals surface area contributed by atoms with Crippen molar-refractivity contribution in [2.45, 2.75) is 0 Å². The van der Waals surface area contributed by atoms with Crippen molar-refractivity contribution in [1.29, 1.82) is 0 Å². The van der Waals surface area contributed by atoms with Crippen molar-refractivity contribution in [3.63, 3.8) is 0 Å². The van der Waals surface area contributed by atoms with Crippen molar-refractivity contribution in [1.82, 2.24) is 14.5 Å². The summed E-state index contributed by atoms with van der Waals surface area (Å²) in [6.07, 6.45) is 3.36. The molecule has 0 aliphatic carbocycles. The Morgan fingerprint density at radius 1 is 1.24 bits per heavy atom. The Kier molecular flexibility index (Phi) is 2.08. The minimum absolute atomic E-state index is 0.0359. The topological polar surface area (TPSA) is 50.9 Å². The van der Waals surface area contributed by atoms with E-state index in [1.807, 2.05) is 37.4 Å². The summed E-state index contributed by atoms with van der Waals surface area (Å²) < 4.78 is 1.80. The lowest BCUT2D eigenvalue weighted by Gasteiger charge is -2.02. The number of fused-ring (bicyclic) bond motifs is 1. The van der Waals surface area contributed by atoms with Crippen LogP contribution in [-0.4, -0.2) is 19.6 Å². The van der Waals surface area contributed by atoms with Gasteiger partial charge in [-0.05, 0) is 24.3 Å². The fourth-order valence-electron chi connectivity index (χ4n) is 1.93. The van der Waals surface area contributed by atoms with Gasteiger partial charge in [0.15, 0.2) is 0 Å². The molecule has 4 nitrogen and oxygen atoms in total. The van der Waals surface area contributed by atoms with Gasteiger partial charge in [0.2, 0.25) is 5.88 Å². The zero-order valence-corrected chi connectivity index (χ0v) is 9.33. The lowest BCUT2D eigenvalue weighted by atomic mass is 10.1. The number of hydrogen-bond acceptors (Lipinski definition) is 3. The van der Waals surface area contributed by atoms with Gasteiger partial charge in [0.25, 0.3) is 0 Å². The van der Waals surface area contributed by atoms with Crippen molar-refractivity contribution in [3.8, 4) is 17.3 Å². The second-order valence-electron chi connectivity index (χ2n) is 3.94. The molecule has 17 heavy (non-hydrogen) atoms. The van der Waals surface area contributed by atoms with Gasteiger partial charge in [0.1, 0.15) is 5.82 Å². The molecule has 3 aromatic rings. The van der Waals surface area contributed by atoms with E-state index in [0.29, 0.717) is 0 Å². The number of nitrogens with zero attached hydrogens (tertiary/aromatic N) is 3. The first-order valence-corrected chi connectivity index (χ1v) is 5.31. The first kappa shape index (κ1) is 9.84. The van der Waals surface area contributed by atoms with Gasteiger partial charge in [-0.15, -0.1) is 0 Å². The molecule has 3 rings (SSSR count). The van der Waals surface area contributed by atoms with Gasteiger partial charge in [-0.25, -0.2) is 0 Å². The van der Waals surface area contributed by atoms with E-state index in [0.717, 1.165) is 22.3 Å². The van der Waals surface area contributed by atoms with Crippen LogP contribution < -0.4 is 0 Å². The maximum Gasteiger partial charge on any atom is 0.229 e. The van der Waals surface area contributed by atoms with Crippen LogP contribution in [0, 0.1) is 0 Å². The van der Waals surface area contributed by atoms with Gasteiger partial charge in [0, 0.05) is 24.2 Å². The molecule has 1 aromatic carbocycles. The third-order valence-electron chi connectivity index (χ3n) is 2.72. The van der Waals surface area contributed by atoms with Gasteiger partial charge >= 0.3 is 0 Å². The van der Waals surface area contributed by atoms with Crippen LogP contribution in [0.15, 0.2) is 42.7 Å². The van der Waals surface area contributed by atoms with Crippen molar-refractivity contribution >= 4 is 10.9 Å². The summed E-state index contributed by atoms with van der Waals surface area (Å²) in [5.74, 6) is 0.780. The van der Waals surface area contributed by atoms with Crippen LogP contribution in [0.25, 0.3) is 22.3 Å². The highest BCUT2D eigenvalue weighted by Gasteiger charge is 2.07. The predicted molar refractivity (Wildman–Crippen MR) is 65.6 cm³/mol. The lowest BCUT2D eigenvalue weighted by Crippen LogP contribution is -1.91. The van der Waals surface area contributed by atoms with Crippen LogP contribution in [0.4, 0.5) is 0 Å². The normalized spacial score (nSPS) is 10.9. The molecule has 0 spiro atoms. The van der Waals surface area contributed by atoms with E-state index in [1.54, 1.807) is 17.0 Å². The third-order valence-corrected chi connectivity index (χ3v) is 2.72. The van der Waals surface area contributed by atoms with Crippen molar-refractivity contribution < 1.29 is 5.11 Å². The molecular weight excluding hydrogens is 214 g/mol. The maximum absolute atomic E-state index is 9.36. The summed E-state index contributed by atoms with van der Waals surface area (Å²) in [5, 5.41) is 10.4. The van der Waals surface area contributed by atoms with E-state index < -0.39 is 0 Å². The lowest BCUT2D eigenvalue weighted by molar-refractivity contribution is 0.456. The van der Waals surface area contributed by atoms with Crippen LogP contribution in [0.2, 0.25) is 0 Å². The van der Waals surface area contributed by atoms with E-state index in [1.165, 1.54) is 0 Å². The Labute approximate surface area is 98.2 Å². The number of rotatable bonds is 1. The molecule has 0 bridgehead atoms. The number of imidazole rings is 1. The summed E-state index contributed by atoms with van der Waals surface area (Å²) in [6.45, 7) is 0. The second kappa shape index (κ2) is 3.59. The molecular formula is C13H11N3O. The van der Waals surface area contributed by atoms with E-state index in [4.69, 9.17) is 0 Å². The van der Waals surface area contributed by atoms with Gasteiger partial charge in [0.05, 0.1) is 11.7 Å². The monoisotopic (exact) mass is 225 g/mol. The van der Waals surface area contributed by atoms with Crippen molar-refractivity contribution in [2.24, 2.45) is 7.05 Å². The summed E-state index contributed by atoms with van der Waals surface area (Å²) in [6, 6.07) is 9.84. The molecule has 1 N–H and O–H groups in total. The number of aromatic nitrogens is 3. The van der Waals surface area contributed by atoms with Crippen LogP contribution in [0.5, 0.6) is 5.88 Å². The molecule has 0 aliphatic heterocycles. The third kappa shape index (κ3) is 1.63. The summed E-state index contributed by atoms with van der Waals surface area (Å²) in [4.78, 5) is 8.35. The number of pyridine rings is 1. The molecule has 2 heterocycles. The Hall–Kier alpha value is -2.36. The Bertz CT molecular complexity index is 688. The van der Waals surface area contributed by atoms with Crippen molar-refractivity contribution in [2.75, 3.05) is 0 Å².